The Balaban J connectivity index is 1.29. The first-order chi connectivity index (χ1) is 14.7. The van der Waals surface area contributed by atoms with Gasteiger partial charge in [-0.05, 0) is 29.8 Å². The first-order valence-electron chi connectivity index (χ1n) is 8.87. The maximum absolute atomic E-state index is 10.7. The highest BCUT2D eigenvalue weighted by molar-refractivity contribution is 7.14. The molecule has 4 rings (SSSR count). The molecule has 0 spiro atoms. The fraction of sp³-hybridized carbons (Fsp3) is 0.0500. The van der Waals surface area contributed by atoms with Crippen molar-refractivity contribution in [3.8, 4) is 17.0 Å². The lowest BCUT2D eigenvalue weighted by atomic mass is 10.2. The van der Waals surface area contributed by atoms with E-state index < -0.39 is 4.92 Å². The van der Waals surface area contributed by atoms with Crippen LogP contribution >= 0.6 is 11.3 Å². The van der Waals surface area contributed by atoms with E-state index in [0.29, 0.717) is 10.9 Å². The summed E-state index contributed by atoms with van der Waals surface area (Å²) in [5, 5.41) is 21.4. The van der Waals surface area contributed by atoms with Gasteiger partial charge in [-0.15, -0.1) is 11.3 Å². The number of rotatable bonds is 8. The number of hydrazone groups is 1. The van der Waals surface area contributed by atoms with Gasteiger partial charge < -0.3 is 4.74 Å². The quantitative estimate of drug-likeness (QED) is 0.257. The number of nitrogens with zero attached hydrogens (tertiary/aromatic N) is 5. The average molecular weight is 420 g/mol. The van der Waals surface area contributed by atoms with Crippen LogP contribution < -0.4 is 10.2 Å². The van der Waals surface area contributed by atoms with E-state index in [4.69, 9.17) is 4.74 Å². The van der Waals surface area contributed by atoms with Crippen LogP contribution in [0.25, 0.3) is 11.3 Å². The highest BCUT2D eigenvalue weighted by atomic mass is 32.1. The summed E-state index contributed by atoms with van der Waals surface area (Å²) in [7, 11) is 0. The van der Waals surface area contributed by atoms with Crippen LogP contribution in [0, 0.1) is 10.1 Å². The first-order valence-corrected chi connectivity index (χ1v) is 9.75. The van der Waals surface area contributed by atoms with Crippen molar-refractivity contribution in [2.24, 2.45) is 5.10 Å². The molecule has 4 aromatic rings. The highest BCUT2D eigenvalue weighted by Gasteiger charge is 2.08. The molecule has 0 radical (unpaired) electrons. The Hall–Kier alpha value is -4.05. The van der Waals surface area contributed by atoms with E-state index in [9.17, 15) is 10.1 Å². The van der Waals surface area contributed by atoms with Crippen molar-refractivity contribution in [1.29, 1.82) is 0 Å². The smallest absolute Gasteiger partial charge is 0.307 e. The summed E-state index contributed by atoms with van der Waals surface area (Å²) in [6, 6.07) is 17.2. The minimum Gasteiger partial charge on any atom is -0.471 e. The lowest BCUT2D eigenvalue weighted by molar-refractivity contribution is -0.385. The van der Waals surface area contributed by atoms with E-state index in [1.807, 2.05) is 47.8 Å². The lowest BCUT2D eigenvalue weighted by Gasteiger charge is -2.05. The van der Waals surface area contributed by atoms with Crippen molar-refractivity contribution in [3.63, 3.8) is 0 Å². The molecule has 0 atom stereocenters. The normalized spacial score (nSPS) is 10.9. The molecule has 0 aliphatic rings. The van der Waals surface area contributed by atoms with Gasteiger partial charge >= 0.3 is 5.69 Å². The van der Waals surface area contributed by atoms with Gasteiger partial charge in [0, 0.05) is 10.9 Å². The molecule has 2 aromatic heterocycles. The van der Waals surface area contributed by atoms with Gasteiger partial charge in [0.2, 0.25) is 5.13 Å². The molecule has 0 saturated carbocycles. The lowest BCUT2D eigenvalue weighted by Crippen LogP contribution is -2.05. The second-order valence-corrected chi connectivity index (χ2v) is 6.97. The molecule has 0 aliphatic heterocycles. The van der Waals surface area contributed by atoms with Gasteiger partial charge in [-0.3, -0.25) is 15.5 Å². The molecule has 0 saturated heterocycles. The molecule has 2 aromatic carbocycles. The second kappa shape index (κ2) is 8.97. The summed E-state index contributed by atoms with van der Waals surface area (Å²) in [6.45, 7) is 0.0800. The molecule has 0 unspecified atom stereocenters. The van der Waals surface area contributed by atoms with E-state index in [-0.39, 0.29) is 12.4 Å². The summed E-state index contributed by atoms with van der Waals surface area (Å²) in [6.07, 6.45) is 4.18. The van der Waals surface area contributed by atoms with Crippen molar-refractivity contribution >= 4 is 28.4 Å². The number of ether oxygens (including phenoxy) is 1. The van der Waals surface area contributed by atoms with Crippen LogP contribution in [0.5, 0.6) is 5.75 Å². The largest absolute Gasteiger partial charge is 0.471 e. The Morgan fingerprint density at radius 3 is 2.73 bits per heavy atom. The Kier molecular flexibility index (Phi) is 5.76. The summed E-state index contributed by atoms with van der Waals surface area (Å²) < 4.78 is 6.92. The number of nitrogens with one attached hydrogen (secondary N) is 1. The fourth-order valence-electron chi connectivity index (χ4n) is 2.54. The second-order valence-electron chi connectivity index (χ2n) is 6.11. The number of hydrogen-bond acceptors (Lipinski definition) is 8. The van der Waals surface area contributed by atoms with E-state index in [0.717, 1.165) is 16.8 Å². The molecule has 0 bridgehead atoms. The van der Waals surface area contributed by atoms with Crippen molar-refractivity contribution in [1.82, 2.24) is 14.8 Å². The van der Waals surface area contributed by atoms with E-state index in [1.54, 1.807) is 18.3 Å². The monoisotopic (exact) mass is 420 g/mol. The maximum atomic E-state index is 10.7. The average Bonchev–Trinajstić information content (AvgIpc) is 3.44. The minimum absolute atomic E-state index is 0.0752. The molecular weight excluding hydrogens is 404 g/mol. The van der Waals surface area contributed by atoms with Crippen LogP contribution in [0.1, 0.15) is 5.56 Å². The van der Waals surface area contributed by atoms with Crippen LogP contribution in [0.2, 0.25) is 0 Å². The van der Waals surface area contributed by atoms with Crippen molar-refractivity contribution in [3.05, 3.63) is 88.0 Å². The van der Waals surface area contributed by atoms with Crippen LogP contribution in [-0.2, 0) is 6.73 Å². The number of anilines is 1. The summed E-state index contributed by atoms with van der Waals surface area (Å²) in [4.78, 5) is 14.7. The Labute approximate surface area is 175 Å². The molecular formula is C20H16N6O3S. The highest BCUT2D eigenvalue weighted by Crippen LogP contribution is 2.24. The summed E-state index contributed by atoms with van der Waals surface area (Å²) >= 11 is 1.48. The zero-order valence-corrected chi connectivity index (χ0v) is 16.4. The predicted octanol–water partition coefficient (Wildman–Crippen LogP) is 4.40. The molecule has 0 amide bonds. The Bertz CT molecular complexity index is 1150. The summed E-state index contributed by atoms with van der Waals surface area (Å²) in [5.41, 5.74) is 5.70. The SMILES string of the molecule is O=[N+]([O-])c1cnn(COc2ccc(C=NNc3nc(-c4ccccc4)cs3)cc2)c1. The van der Waals surface area contributed by atoms with Gasteiger partial charge in [-0.2, -0.15) is 10.2 Å². The summed E-state index contributed by atoms with van der Waals surface area (Å²) in [5.74, 6) is 0.616. The number of thiazole rings is 1. The molecule has 0 fully saturated rings. The molecule has 30 heavy (non-hydrogen) atoms. The van der Waals surface area contributed by atoms with E-state index in [1.165, 1.54) is 28.4 Å². The molecule has 150 valence electrons. The zero-order chi connectivity index (χ0) is 20.8. The third-order valence-electron chi connectivity index (χ3n) is 4.02. The van der Waals surface area contributed by atoms with Gasteiger partial charge in [0.25, 0.3) is 0 Å². The van der Waals surface area contributed by atoms with Gasteiger partial charge in [-0.1, -0.05) is 30.3 Å². The van der Waals surface area contributed by atoms with Crippen LogP contribution in [0.3, 0.4) is 0 Å². The topological polar surface area (TPSA) is 107 Å². The van der Waals surface area contributed by atoms with Crippen molar-refractivity contribution in [2.45, 2.75) is 6.73 Å². The van der Waals surface area contributed by atoms with Gasteiger partial charge in [-0.25, -0.2) is 9.67 Å². The van der Waals surface area contributed by atoms with Crippen molar-refractivity contribution in [2.75, 3.05) is 5.43 Å². The van der Waals surface area contributed by atoms with Crippen LogP contribution in [-0.4, -0.2) is 25.9 Å². The standard InChI is InChI=1S/C20H16N6O3S/c27-26(28)17-11-22-25(12-17)14-29-18-8-6-15(7-9-18)10-21-24-20-23-19(13-30-20)16-4-2-1-3-5-16/h1-13H,14H2,(H,23,24). The van der Waals surface area contributed by atoms with Crippen LogP contribution in [0.4, 0.5) is 10.8 Å². The van der Waals surface area contributed by atoms with Gasteiger partial charge in [0.15, 0.2) is 6.73 Å². The fourth-order valence-corrected chi connectivity index (χ4v) is 3.21. The molecule has 9 nitrogen and oxygen atoms in total. The zero-order valence-electron chi connectivity index (χ0n) is 15.6. The van der Waals surface area contributed by atoms with E-state index >= 15 is 0 Å². The first kappa shape index (κ1) is 19.3. The Morgan fingerprint density at radius 1 is 1.20 bits per heavy atom. The van der Waals surface area contributed by atoms with Crippen LogP contribution in [0.15, 0.2) is 77.5 Å². The number of aromatic nitrogens is 3. The predicted molar refractivity (Wildman–Crippen MR) is 115 cm³/mol. The number of nitro groups is 1. The van der Waals surface area contributed by atoms with E-state index in [2.05, 4.69) is 20.6 Å². The molecule has 0 aliphatic carbocycles. The van der Waals surface area contributed by atoms with Gasteiger partial charge in [0.05, 0.1) is 16.8 Å². The third-order valence-corrected chi connectivity index (χ3v) is 4.77. The maximum Gasteiger partial charge on any atom is 0.307 e. The molecule has 10 heteroatoms. The van der Waals surface area contributed by atoms with Crippen molar-refractivity contribution < 1.29 is 9.66 Å². The third kappa shape index (κ3) is 4.86. The Morgan fingerprint density at radius 2 is 2.00 bits per heavy atom. The molecule has 2 heterocycles. The number of hydrogen-bond donors (Lipinski definition) is 1. The number of benzene rings is 2. The van der Waals surface area contributed by atoms with Gasteiger partial charge in [0.1, 0.15) is 18.1 Å². The molecule has 1 N–H and O–H groups in total. The minimum atomic E-state index is -0.500.